The molecular formula is C71H135NO10. The van der Waals surface area contributed by atoms with Crippen LogP contribution in [0.2, 0.25) is 0 Å². The standard InChI is InChI=1S/C71H135NO10/c1-3-5-7-9-11-13-15-17-19-21-23-25-26-27-28-29-30-31-32-33-34-35-36-37-39-41-43-45-47-49-51-53-55-57-59-64(75)70(80)72-62(61-81-71-69(79)68(78)67(77)65(60-73)82-71)66(76)63(74)58-56-54-52-50-48-46-44-42-40-38-24-22-20-18-16-14-12-10-8-6-4-2/h29-30,42,44,50,52,62-69,71,73-79H,3-28,31-41,43,45-49,51,53-61H2,1-2H3,(H,72,80)/b30-29-,44-42+,52-50+. The van der Waals surface area contributed by atoms with Crippen molar-refractivity contribution in [3.63, 3.8) is 0 Å². The smallest absolute Gasteiger partial charge is 0.249 e. The largest absolute Gasteiger partial charge is 0.394 e. The zero-order valence-electron chi connectivity index (χ0n) is 53.5. The lowest BCUT2D eigenvalue weighted by Gasteiger charge is -2.40. The molecule has 0 aromatic carbocycles. The lowest BCUT2D eigenvalue weighted by Crippen LogP contribution is -2.60. The summed E-state index contributed by atoms with van der Waals surface area (Å²) in [5.41, 5.74) is 0. The van der Waals surface area contributed by atoms with Crippen LogP contribution in [0.25, 0.3) is 0 Å². The van der Waals surface area contributed by atoms with Gasteiger partial charge in [-0.3, -0.25) is 4.79 Å². The van der Waals surface area contributed by atoms with E-state index < -0.39 is 74.2 Å². The summed E-state index contributed by atoms with van der Waals surface area (Å²) in [6.07, 6.45) is 65.3. The van der Waals surface area contributed by atoms with Gasteiger partial charge in [-0.2, -0.15) is 0 Å². The second-order valence-corrected chi connectivity index (χ2v) is 24.9. The van der Waals surface area contributed by atoms with Gasteiger partial charge in [0.2, 0.25) is 5.91 Å². The summed E-state index contributed by atoms with van der Waals surface area (Å²) in [5, 5.41) is 76.4. The van der Waals surface area contributed by atoms with Crippen molar-refractivity contribution >= 4 is 5.91 Å². The van der Waals surface area contributed by atoms with Crippen molar-refractivity contribution in [2.75, 3.05) is 13.2 Å². The third-order valence-corrected chi connectivity index (χ3v) is 17.1. The van der Waals surface area contributed by atoms with Crippen LogP contribution in [0, 0.1) is 0 Å². The van der Waals surface area contributed by atoms with Gasteiger partial charge in [-0.1, -0.05) is 301 Å². The Bertz CT molecular complexity index is 1430. The molecule has 11 nitrogen and oxygen atoms in total. The maximum atomic E-state index is 13.2. The van der Waals surface area contributed by atoms with Crippen molar-refractivity contribution in [2.24, 2.45) is 0 Å². The average Bonchev–Trinajstić information content (AvgIpc) is 3.49. The number of carbonyl (C=O) groups is 1. The van der Waals surface area contributed by atoms with E-state index in [0.717, 1.165) is 38.5 Å². The predicted octanol–water partition coefficient (Wildman–Crippen LogP) is 17.0. The molecular weight excluding hydrogens is 1030 g/mol. The highest BCUT2D eigenvalue weighted by Gasteiger charge is 2.44. The van der Waals surface area contributed by atoms with E-state index in [1.807, 2.05) is 0 Å². The summed E-state index contributed by atoms with van der Waals surface area (Å²) < 4.78 is 11.2. The van der Waals surface area contributed by atoms with Gasteiger partial charge in [-0.25, -0.2) is 0 Å². The predicted molar refractivity (Wildman–Crippen MR) is 344 cm³/mol. The fraction of sp³-hybridized carbons (Fsp3) is 0.901. The molecule has 0 aromatic rings. The van der Waals surface area contributed by atoms with Crippen LogP contribution in [0.5, 0.6) is 0 Å². The van der Waals surface area contributed by atoms with Gasteiger partial charge >= 0.3 is 0 Å². The molecule has 9 unspecified atom stereocenters. The first-order valence-corrected chi connectivity index (χ1v) is 35.4. The Morgan fingerprint density at radius 2 is 0.732 bits per heavy atom. The van der Waals surface area contributed by atoms with Crippen LogP contribution in [0.1, 0.15) is 341 Å². The first-order chi connectivity index (χ1) is 40.2. The number of ether oxygens (including phenoxy) is 2. The number of aliphatic hydroxyl groups is 7. The molecule has 484 valence electrons. The Hall–Kier alpha value is -1.67. The molecule has 0 aromatic heterocycles. The van der Waals surface area contributed by atoms with E-state index in [-0.39, 0.29) is 12.8 Å². The molecule has 82 heavy (non-hydrogen) atoms. The molecule has 1 saturated heterocycles. The van der Waals surface area contributed by atoms with Gasteiger partial charge < -0.3 is 50.5 Å². The molecule has 1 rings (SSSR count). The Kier molecular flexibility index (Phi) is 57.0. The number of aliphatic hydroxyl groups excluding tert-OH is 7. The number of hydrogen-bond donors (Lipinski definition) is 8. The highest BCUT2D eigenvalue weighted by Crippen LogP contribution is 2.24. The zero-order valence-corrected chi connectivity index (χ0v) is 53.5. The van der Waals surface area contributed by atoms with Crippen molar-refractivity contribution in [3.8, 4) is 0 Å². The normalized spacial score (nSPS) is 19.3. The van der Waals surface area contributed by atoms with Crippen molar-refractivity contribution in [1.29, 1.82) is 0 Å². The minimum absolute atomic E-state index is 0.248. The van der Waals surface area contributed by atoms with Crippen LogP contribution in [0.4, 0.5) is 0 Å². The monoisotopic (exact) mass is 1160 g/mol. The number of nitrogens with one attached hydrogen (secondary N) is 1. The van der Waals surface area contributed by atoms with Crippen molar-refractivity contribution < 1.29 is 50.0 Å². The molecule has 0 spiro atoms. The Labute approximate surface area is 505 Å². The molecule has 1 aliphatic heterocycles. The minimum atomic E-state index is -1.67. The fourth-order valence-electron chi connectivity index (χ4n) is 11.5. The van der Waals surface area contributed by atoms with Gasteiger partial charge in [0.05, 0.1) is 25.4 Å². The molecule has 0 saturated carbocycles. The van der Waals surface area contributed by atoms with Crippen molar-refractivity contribution in [2.45, 2.75) is 396 Å². The molecule has 8 N–H and O–H groups in total. The summed E-state index contributed by atoms with van der Waals surface area (Å²) in [5.74, 6) is -0.705. The first-order valence-electron chi connectivity index (χ1n) is 35.4. The van der Waals surface area contributed by atoms with Crippen LogP contribution in [-0.4, -0.2) is 110 Å². The molecule has 0 bridgehead atoms. The summed E-state index contributed by atoms with van der Waals surface area (Å²) in [4.78, 5) is 13.2. The Morgan fingerprint density at radius 1 is 0.415 bits per heavy atom. The van der Waals surface area contributed by atoms with E-state index in [9.17, 15) is 40.5 Å². The summed E-state index contributed by atoms with van der Waals surface area (Å²) in [7, 11) is 0. The van der Waals surface area contributed by atoms with Gasteiger partial charge in [-0.05, 0) is 77.0 Å². The van der Waals surface area contributed by atoms with Crippen LogP contribution in [-0.2, 0) is 14.3 Å². The van der Waals surface area contributed by atoms with Crippen LogP contribution in [0.15, 0.2) is 36.5 Å². The SMILES string of the molecule is CCCCCCCCCCCCCC/C=C/CC/C=C/CCCC(O)C(O)C(COC1OC(CO)C(O)C(O)C1O)NC(=O)C(O)CCCCCCCCCCCCCCCCCC/C=C\CCCCCCCCCCCCCCCC. The number of rotatable bonds is 62. The van der Waals surface area contributed by atoms with Gasteiger partial charge in [0.25, 0.3) is 0 Å². The highest BCUT2D eigenvalue weighted by atomic mass is 16.7. The molecule has 1 fully saturated rings. The maximum Gasteiger partial charge on any atom is 0.249 e. The van der Waals surface area contributed by atoms with Gasteiger partial charge in [0.1, 0.15) is 36.6 Å². The molecule has 11 heteroatoms. The molecule has 1 amide bonds. The van der Waals surface area contributed by atoms with E-state index in [1.165, 1.54) is 257 Å². The van der Waals surface area contributed by atoms with Crippen molar-refractivity contribution in [3.05, 3.63) is 36.5 Å². The lowest BCUT2D eigenvalue weighted by atomic mass is 9.98. The number of carbonyl (C=O) groups excluding carboxylic acids is 1. The Balaban J connectivity index is 2.19. The highest BCUT2D eigenvalue weighted by molar-refractivity contribution is 5.80. The second kappa shape index (κ2) is 59.7. The topological polar surface area (TPSA) is 189 Å². The van der Waals surface area contributed by atoms with Gasteiger partial charge in [-0.15, -0.1) is 0 Å². The third kappa shape index (κ3) is 46.5. The van der Waals surface area contributed by atoms with Crippen LogP contribution >= 0.6 is 0 Å². The summed E-state index contributed by atoms with van der Waals surface area (Å²) >= 11 is 0. The quantitative estimate of drug-likeness (QED) is 0.0215. The average molecular weight is 1160 g/mol. The van der Waals surface area contributed by atoms with Gasteiger partial charge in [0.15, 0.2) is 6.29 Å². The molecule has 1 heterocycles. The molecule has 9 atom stereocenters. The van der Waals surface area contributed by atoms with E-state index in [0.29, 0.717) is 19.3 Å². The second-order valence-electron chi connectivity index (χ2n) is 24.9. The zero-order chi connectivity index (χ0) is 59.6. The van der Waals surface area contributed by atoms with Crippen LogP contribution in [0.3, 0.4) is 0 Å². The molecule has 1 aliphatic rings. The number of amides is 1. The van der Waals surface area contributed by atoms with Crippen LogP contribution < -0.4 is 5.32 Å². The number of hydrogen-bond acceptors (Lipinski definition) is 10. The third-order valence-electron chi connectivity index (χ3n) is 17.1. The van der Waals surface area contributed by atoms with E-state index in [1.54, 1.807) is 0 Å². The fourth-order valence-corrected chi connectivity index (χ4v) is 11.5. The Morgan fingerprint density at radius 3 is 1.09 bits per heavy atom. The number of unbranched alkanes of at least 4 members (excludes halogenated alkanes) is 44. The maximum absolute atomic E-state index is 13.2. The van der Waals surface area contributed by atoms with E-state index in [4.69, 9.17) is 9.47 Å². The lowest BCUT2D eigenvalue weighted by molar-refractivity contribution is -0.303. The summed E-state index contributed by atoms with van der Waals surface area (Å²) in [6.45, 7) is 3.49. The molecule has 0 aliphatic carbocycles. The minimum Gasteiger partial charge on any atom is -0.394 e. The summed E-state index contributed by atoms with van der Waals surface area (Å²) in [6, 6.07) is -1.19. The number of allylic oxidation sites excluding steroid dienone is 6. The molecule has 0 radical (unpaired) electrons. The van der Waals surface area contributed by atoms with Gasteiger partial charge in [0, 0.05) is 0 Å². The van der Waals surface area contributed by atoms with E-state index in [2.05, 4.69) is 55.6 Å². The van der Waals surface area contributed by atoms with E-state index >= 15 is 0 Å². The van der Waals surface area contributed by atoms with Crippen molar-refractivity contribution in [1.82, 2.24) is 5.32 Å². The first kappa shape index (κ1) is 78.3.